The molecule has 1 saturated carbocycles. The van der Waals surface area contributed by atoms with Crippen LogP contribution in [0.3, 0.4) is 0 Å². The molecule has 0 radical (unpaired) electrons. The SMILES string of the molecule is CCOc1ccc(C(CC2(OC)CCC2)NC)cc1Br. The summed E-state index contributed by atoms with van der Waals surface area (Å²) in [5.74, 6) is 0.899. The fourth-order valence-corrected chi connectivity index (χ4v) is 3.34. The number of hydrogen-bond donors (Lipinski definition) is 1. The highest BCUT2D eigenvalue weighted by molar-refractivity contribution is 9.10. The maximum absolute atomic E-state index is 5.74. The summed E-state index contributed by atoms with van der Waals surface area (Å²) in [6.07, 6.45) is 4.62. The Morgan fingerprint density at radius 2 is 2.15 bits per heavy atom. The first-order valence-corrected chi connectivity index (χ1v) is 8.08. The summed E-state index contributed by atoms with van der Waals surface area (Å²) in [5.41, 5.74) is 1.34. The van der Waals surface area contributed by atoms with E-state index in [1.807, 2.05) is 27.1 Å². The van der Waals surface area contributed by atoms with Gasteiger partial charge < -0.3 is 14.8 Å². The molecule has 0 amide bonds. The molecule has 4 heteroatoms. The van der Waals surface area contributed by atoms with Gasteiger partial charge in [0.15, 0.2) is 0 Å². The molecule has 112 valence electrons. The molecule has 0 spiro atoms. The topological polar surface area (TPSA) is 30.5 Å². The van der Waals surface area contributed by atoms with Gasteiger partial charge in [0.2, 0.25) is 0 Å². The Labute approximate surface area is 130 Å². The molecule has 1 fully saturated rings. The first-order valence-electron chi connectivity index (χ1n) is 7.29. The Bertz CT molecular complexity index is 441. The molecule has 0 bridgehead atoms. The van der Waals surface area contributed by atoms with Crippen LogP contribution in [0.15, 0.2) is 22.7 Å². The smallest absolute Gasteiger partial charge is 0.133 e. The van der Waals surface area contributed by atoms with Gasteiger partial charge in [-0.1, -0.05) is 6.07 Å². The van der Waals surface area contributed by atoms with E-state index in [1.54, 1.807) is 0 Å². The molecule has 20 heavy (non-hydrogen) atoms. The molecule has 0 aliphatic heterocycles. The van der Waals surface area contributed by atoms with Gasteiger partial charge in [-0.2, -0.15) is 0 Å². The van der Waals surface area contributed by atoms with Crippen molar-refractivity contribution in [2.45, 2.75) is 44.2 Å². The first kappa shape index (κ1) is 15.8. The lowest BCUT2D eigenvalue weighted by molar-refractivity contribution is -0.0834. The van der Waals surface area contributed by atoms with Gasteiger partial charge >= 0.3 is 0 Å². The highest BCUT2D eigenvalue weighted by Crippen LogP contribution is 2.42. The van der Waals surface area contributed by atoms with Crippen molar-refractivity contribution in [2.75, 3.05) is 20.8 Å². The predicted molar refractivity (Wildman–Crippen MR) is 85.3 cm³/mol. The highest BCUT2D eigenvalue weighted by atomic mass is 79.9. The second-order valence-corrected chi connectivity index (χ2v) is 6.26. The zero-order chi connectivity index (χ0) is 14.6. The van der Waals surface area contributed by atoms with Crippen molar-refractivity contribution in [3.63, 3.8) is 0 Å². The fraction of sp³-hybridized carbons (Fsp3) is 0.625. The summed E-state index contributed by atoms with van der Waals surface area (Å²) >= 11 is 3.59. The molecule has 1 atom stereocenters. The molecule has 0 aromatic heterocycles. The van der Waals surface area contributed by atoms with Crippen molar-refractivity contribution in [3.8, 4) is 5.75 Å². The summed E-state index contributed by atoms with van der Waals surface area (Å²) in [6, 6.07) is 6.63. The second-order valence-electron chi connectivity index (χ2n) is 5.41. The fourth-order valence-electron chi connectivity index (χ4n) is 2.83. The number of nitrogens with one attached hydrogen (secondary N) is 1. The van der Waals surface area contributed by atoms with Crippen molar-refractivity contribution in [3.05, 3.63) is 28.2 Å². The number of methoxy groups -OCH3 is 1. The minimum absolute atomic E-state index is 0.0682. The van der Waals surface area contributed by atoms with Crippen LogP contribution in [0, 0.1) is 0 Å². The van der Waals surface area contributed by atoms with E-state index < -0.39 is 0 Å². The molecule has 1 aromatic rings. The zero-order valence-corrected chi connectivity index (χ0v) is 14.1. The molecule has 0 heterocycles. The first-order chi connectivity index (χ1) is 9.64. The molecule has 2 rings (SSSR count). The molecule has 1 aromatic carbocycles. The van der Waals surface area contributed by atoms with Gasteiger partial charge in [-0.15, -0.1) is 0 Å². The Hall–Kier alpha value is -0.580. The van der Waals surface area contributed by atoms with Crippen LogP contribution < -0.4 is 10.1 Å². The Kier molecular flexibility index (Phi) is 5.47. The largest absolute Gasteiger partial charge is 0.493 e. The van der Waals surface area contributed by atoms with E-state index in [4.69, 9.17) is 9.47 Å². The van der Waals surface area contributed by atoms with E-state index in [0.29, 0.717) is 12.6 Å². The lowest BCUT2D eigenvalue weighted by Gasteiger charge is -2.43. The van der Waals surface area contributed by atoms with E-state index in [2.05, 4.69) is 33.4 Å². The average Bonchev–Trinajstić information content (AvgIpc) is 2.41. The number of halogens is 1. The van der Waals surface area contributed by atoms with Crippen molar-refractivity contribution in [1.82, 2.24) is 5.32 Å². The van der Waals surface area contributed by atoms with Crippen molar-refractivity contribution in [2.24, 2.45) is 0 Å². The summed E-state index contributed by atoms with van der Waals surface area (Å²) in [7, 11) is 3.84. The van der Waals surface area contributed by atoms with Gasteiger partial charge in [0.1, 0.15) is 5.75 Å². The number of benzene rings is 1. The third kappa shape index (κ3) is 3.35. The van der Waals surface area contributed by atoms with Gasteiger partial charge in [0.05, 0.1) is 16.7 Å². The summed E-state index contributed by atoms with van der Waals surface area (Å²) < 4.78 is 12.3. The molecule has 1 aliphatic rings. The van der Waals surface area contributed by atoms with Gasteiger partial charge in [-0.3, -0.25) is 0 Å². The number of hydrogen-bond acceptors (Lipinski definition) is 3. The number of ether oxygens (including phenoxy) is 2. The van der Waals surface area contributed by atoms with Crippen LogP contribution in [0.5, 0.6) is 5.75 Å². The normalized spacial score (nSPS) is 18.4. The van der Waals surface area contributed by atoms with Crippen LogP contribution in [0.4, 0.5) is 0 Å². The standard InChI is InChI=1S/C16H24BrNO2/c1-4-20-15-7-6-12(10-13(15)17)14(18-2)11-16(19-3)8-5-9-16/h6-7,10,14,18H,4-5,8-9,11H2,1-3H3. The summed E-state index contributed by atoms with van der Waals surface area (Å²) in [4.78, 5) is 0. The van der Waals surface area contributed by atoms with E-state index in [9.17, 15) is 0 Å². The molecular weight excluding hydrogens is 318 g/mol. The molecule has 0 saturated heterocycles. The van der Waals surface area contributed by atoms with Crippen LogP contribution in [0.25, 0.3) is 0 Å². The van der Waals surface area contributed by atoms with Crippen molar-refractivity contribution in [1.29, 1.82) is 0 Å². The van der Waals surface area contributed by atoms with Crippen LogP contribution in [0.1, 0.15) is 44.2 Å². The molecule has 1 N–H and O–H groups in total. The van der Waals surface area contributed by atoms with E-state index >= 15 is 0 Å². The quantitative estimate of drug-likeness (QED) is 0.810. The number of rotatable bonds is 7. The van der Waals surface area contributed by atoms with Crippen molar-refractivity contribution < 1.29 is 9.47 Å². The maximum Gasteiger partial charge on any atom is 0.133 e. The zero-order valence-electron chi connectivity index (χ0n) is 12.5. The van der Waals surface area contributed by atoms with Gasteiger partial charge in [-0.05, 0) is 73.3 Å². The summed E-state index contributed by atoms with van der Waals surface area (Å²) in [6.45, 7) is 2.68. The summed E-state index contributed by atoms with van der Waals surface area (Å²) in [5, 5.41) is 3.41. The van der Waals surface area contributed by atoms with Gasteiger partial charge in [-0.25, -0.2) is 0 Å². The third-order valence-corrected chi connectivity index (χ3v) is 4.90. The lowest BCUT2D eigenvalue weighted by Crippen LogP contribution is -2.42. The van der Waals surface area contributed by atoms with Gasteiger partial charge in [0.25, 0.3) is 0 Å². The minimum Gasteiger partial charge on any atom is -0.493 e. The van der Waals surface area contributed by atoms with E-state index in [0.717, 1.165) is 16.6 Å². The Morgan fingerprint density at radius 1 is 1.40 bits per heavy atom. The monoisotopic (exact) mass is 341 g/mol. The highest BCUT2D eigenvalue weighted by Gasteiger charge is 2.39. The second kappa shape index (κ2) is 6.92. The van der Waals surface area contributed by atoms with E-state index in [-0.39, 0.29) is 5.60 Å². The molecule has 3 nitrogen and oxygen atoms in total. The lowest BCUT2D eigenvalue weighted by atomic mass is 9.74. The van der Waals surface area contributed by atoms with E-state index in [1.165, 1.54) is 24.8 Å². The third-order valence-electron chi connectivity index (χ3n) is 4.28. The van der Waals surface area contributed by atoms with Crippen LogP contribution in [-0.2, 0) is 4.74 Å². The van der Waals surface area contributed by atoms with Gasteiger partial charge in [0, 0.05) is 13.2 Å². The molecular formula is C16H24BrNO2. The van der Waals surface area contributed by atoms with Crippen LogP contribution >= 0.6 is 15.9 Å². The maximum atomic E-state index is 5.74. The average molecular weight is 342 g/mol. The van der Waals surface area contributed by atoms with Crippen LogP contribution in [-0.4, -0.2) is 26.4 Å². The van der Waals surface area contributed by atoms with Crippen molar-refractivity contribution >= 4 is 15.9 Å². The molecule has 1 unspecified atom stereocenters. The van der Waals surface area contributed by atoms with Crippen LogP contribution in [0.2, 0.25) is 0 Å². The Morgan fingerprint density at radius 3 is 2.60 bits per heavy atom. The predicted octanol–water partition coefficient (Wildman–Crippen LogP) is 4.07. The minimum atomic E-state index is 0.0682. The molecule has 1 aliphatic carbocycles. The Balaban J connectivity index is 2.13.